The third kappa shape index (κ3) is 4.83. The number of carbonyl (C=O) groups is 1. The molecule has 0 aliphatic rings. The van der Waals surface area contributed by atoms with Gasteiger partial charge < -0.3 is 4.74 Å². The summed E-state index contributed by atoms with van der Waals surface area (Å²) in [5.74, 6) is 0.150. The maximum atomic E-state index is 11.6. The van der Waals surface area contributed by atoms with Gasteiger partial charge in [0.05, 0.1) is 0 Å². The molecule has 2 heteroatoms. The van der Waals surface area contributed by atoms with Gasteiger partial charge in [0.15, 0.2) is 5.78 Å². The molecule has 0 fully saturated rings. The molecule has 0 atom stereocenters. The largest absolute Gasteiger partial charge is 0.368 e. The molecule has 76 valence electrons. The molecule has 0 heterocycles. The van der Waals surface area contributed by atoms with Crippen LogP contribution in [-0.2, 0) is 9.53 Å². The van der Waals surface area contributed by atoms with Gasteiger partial charge in [-0.3, -0.25) is 4.79 Å². The van der Waals surface area contributed by atoms with E-state index in [2.05, 4.69) is 6.58 Å². The minimum atomic E-state index is -0.635. The zero-order valence-corrected chi connectivity index (χ0v) is 9.14. The number of hydrogen-bond donors (Lipinski definition) is 0. The zero-order valence-electron chi connectivity index (χ0n) is 9.14. The van der Waals surface area contributed by atoms with E-state index in [1.54, 1.807) is 0 Å². The molecule has 0 aromatic heterocycles. The summed E-state index contributed by atoms with van der Waals surface area (Å²) in [7, 11) is 0. The summed E-state index contributed by atoms with van der Waals surface area (Å²) < 4.78 is 5.34. The maximum Gasteiger partial charge on any atom is 0.164 e. The van der Waals surface area contributed by atoms with E-state index in [4.69, 9.17) is 4.74 Å². The Morgan fingerprint density at radius 1 is 1.38 bits per heavy atom. The highest BCUT2D eigenvalue weighted by Gasteiger charge is 2.26. The molecule has 0 aromatic carbocycles. The lowest BCUT2D eigenvalue weighted by molar-refractivity contribution is -0.139. The third-order valence-electron chi connectivity index (χ3n) is 1.96. The topological polar surface area (TPSA) is 26.3 Å². The molecular formula is C11H20O2. The Morgan fingerprint density at radius 3 is 2.31 bits per heavy atom. The molecule has 0 spiro atoms. The molecule has 0 rings (SSSR count). The van der Waals surface area contributed by atoms with Gasteiger partial charge in [-0.05, 0) is 34.1 Å². The zero-order chi connectivity index (χ0) is 10.5. The fourth-order valence-corrected chi connectivity index (χ4v) is 1.07. The first-order valence-corrected chi connectivity index (χ1v) is 4.71. The molecule has 0 aromatic rings. The predicted molar refractivity (Wildman–Crippen MR) is 54.8 cm³/mol. The lowest BCUT2D eigenvalue weighted by Crippen LogP contribution is -2.34. The standard InChI is InChI=1S/C11H20O2/c1-6-13-11(4,5)10(12)8-7-9(2)3/h2,6-8H2,1,3-5H3. The second kappa shape index (κ2) is 5.18. The summed E-state index contributed by atoms with van der Waals surface area (Å²) in [6, 6.07) is 0. The lowest BCUT2D eigenvalue weighted by Gasteiger charge is -2.22. The van der Waals surface area contributed by atoms with Crippen molar-refractivity contribution < 1.29 is 9.53 Å². The number of rotatable bonds is 6. The average molecular weight is 184 g/mol. The fourth-order valence-electron chi connectivity index (χ4n) is 1.07. The van der Waals surface area contributed by atoms with Crippen LogP contribution in [0, 0.1) is 0 Å². The fraction of sp³-hybridized carbons (Fsp3) is 0.727. The minimum Gasteiger partial charge on any atom is -0.368 e. The number of ether oxygens (including phenoxy) is 1. The van der Waals surface area contributed by atoms with Gasteiger partial charge in [0.1, 0.15) is 5.60 Å². The van der Waals surface area contributed by atoms with E-state index in [0.717, 1.165) is 12.0 Å². The molecule has 0 unspecified atom stereocenters. The molecule has 0 amide bonds. The summed E-state index contributed by atoms with van der Waals surface area (Å²) in [5.41, 5.74) is 0.408. The van der Waals surface area contributed by atoms with Crippen molar-refractivity contribution in [2.45, 2.75) is 46.1 Å². The monoisotopic (exact) mass is 184 g/mol. The van der Waals surface area contributed by atoms with Gasteiger partial charge in [-0.2, -0.15) is 0 Å². The van der Waals surface area contributed by atoms with Gasteiger partial charge >= 0.3 is 0 Å². The second-order valence-electron chi connectivity index (χ2n) is 3.82. The van der Waals surface area contributed by atoms with Crippen LogP contribution in [0.15, 0.2) is 12.2 Å². The van der Waals surface area contributed by atoms with Crippen molar-refractivity contribution in [3.63, 3.8) is 0 Å². The molecular weight excluding hydrogens is 164 g/mol. The number of carbonyl (C=O) groups excluding carboxylic acids is 1. The third-order valence-corrected chi connectivity index (χ3v) is 1.96. The van der Waals surface area contributed by atoms with E-state index in [0.29, 0.717) is 13.0 Å². The molecule has 13 heavy (non-hydrogen) atoms. The number of ketones is 1. The summed E-state index contributed by atoms with van der Waals surface area (Å²) in [4.78, 5) is 11.6. The molecule has 0 bridgehead atoms. The van der Waals surface area contributed by atoms with E-state index in [-0.39, 0.29) is 5.78 Å². The molecule has 2 nitrogen and oxygen atoms in total. The Balaban J connectivity index is 4.01. The Bertz CT molecular complexity index is 192. The molecule has 0 saturated heterocycles. The van der Waals surface area contributed by atoms with Crippen molar-refractivity contribution in [1.82, 2.24) is 0 Å². The van der Waals surface area contributed by atoms with Crippen LogP contribution in [0.5, 0.6) is 0 Å². The Labute approximate surface area is 81.0 Å². The number of allylic oxidation sites excluding steroid dienone is 1. The predicted octanol–water partition coefficient (Wildman–Crippen LogP) is 2.73. The van der Waals surface area contributed by atoms with Gasteiger partial charge in [0.25, 0.3) is 0 Å². The van der Waals surface area contributed by atoms with Crippen molar-refractivity contribution in [2.24, 2.45) is 0 Å². The molecule has 0 radical (unpaired) electrons. The number of hydrogen-bond acceptors (Lipinski definition) is 2. The summed E-state index contributed by atoms with van der Waals surface area (Å²) in [5, 5.41) is 0. The Hall–Kier alpha value is -0.630. The van der Waals surface area contributed by atoms with Gasteiger partial charge in [-0.25, -0.2) is 0 Å². The van der Waals surface area contributed by atoms with E-state index < -0.39 is 5.60 Å². The highest BCUT2D eigenvalue weighted by molar-refractivity contribution is 5.86. The van der Waals surface area contributed by atoms with Gasteiger partial charge in [0, 0.05) is 13.0 Å². The minimum absolute atomic E-state index is 0.150. The van der Waals surface area contributed by atoms with Crippen LogP contribution in [0.1, 0.15) is 40.5 Å². The van der Waals surface area contributed by atoms with Crippen molar-refractivity contribution in [2.75, 3.05) is 6.61 Å². The normalized spacial score (nSPS) is 11.4. The highest BCUT2D eigenvalue weighted by Crippen LogP contribution is 2.15. The molecule has 0 N–H and O–H groups in total. The summed E-state index contributed by atoms with van der Waals surface area (Å²) in [6.45, 7) is 11.8. The average Bonchev–Trinajstić information content (AvgIpc) is 1.99. The van der Waals surface area contributed by atoms with Crippen LogP contribution in [-0.4, -0.2) is 18.0 Å². The van der Waals surface area contributed by atoms with Gasteiger partial charge in [-0.1, -0.05) is 5.57 Å². The smallest absolute Gasteiger partial charge is 0.164 e. The molecule has 0 aliphatic carbocycles. The van der Waals surface area contributed by atoms with Crippen molar-refractivity contribution in [3.8, 4) is 0 Å². The van der Waals surface area contributed by atoms with Gasteiger partial charge in [-0.15, -0.1) is 6.58 Å². The lowest BCUT2D eigenvalue weighted by atomic mass is 9.98. The van der Waals surface area contributed by atoms with E-state index in [1.807, 2.05) is 27.7 Å². The molecule has 0 saturated carbocycles. The van der Waals surface area contributed by atoms with Crippen LogP contribution >= 0.6 is 0 Å². The first-order valence-electron chi connectivity index (χ1n) is 4.71. The van der Waals surface area contributed by atoms with Crippen LogP contribution < -0.4 is 0 Å². The Morgan fingerprint density at radius 2 is 1.92 bits per heavy atom. The summed E-state index contributed by atoms with van der Waals surface area (Å²) in [6.07, 6.45) is 1.29. The van der Waals surface area contributed by atoms with Crippen LogP contribution in [0.4, 0.5) is 0 Å². The van der Waals surface area contributed by atoms with Crippen molar-refractivity contribution >= 4 is 5.78 Å². The maximum absolute atomic E-state index is 11.6. The quantitative estimate of drug-likeness (QED) is 0.593. The highest BCUT2D eigenvalue weighted by atomic mass is 16.5. The van der Waals surface area contributed by atoms with Crippen molar-refractivity contribution in [3.05, 3.63) is 12.2 Å². The Kier molecular flexibility index (Phi) is 4.92. The SMILES string of the molecule is C=C(C)CCC(=O)C(C)(C)OCC. The second-order valence-corrected chi connectivity index (χ2v) is 3.82. The number of Topliss-reactive ketones (excluding diaryl/α,β-unsaturated/α-hetero) is 1. The van der Waals surface area contributed by atoms with E-state index >= 15 is 0 Å². The van der Waals surface area contributed by atoms with Crippen LogP contribution in [0.25, 0.3) is 0 Å². The van der Waals surface area contributed by atoms with Crippen LogP contribution in [0.3, 0.4) is 0 Å². The van der Waals surface area contributed by atoms with E-state index in [1.165, 1.54) is 0 Å². The first-order chi connectivity index (χ1) is 5.90. The van der Waals surface area contributed by atoms with Crippen LogP contribution in [0.2, 0.25) is 0 Å². The first kappa shape index (κ1) is 12.4. The van der Waals surface area contributed by atoms with Crippen molar-refractivity contribution in [1.29, 1.82) is 0 Å². The molecule has 0 aliphatic heterocycles. The van der Waals surface area contributed by atoms with E-state index in [9.17, 15) is 4.79 Å². The van der Waals surface area contributed by atoms with Gasteiger partial charge in [0.2, 0.25) is 0 Å². The summed E-state index contributed by atoms with van der Waals surface area (Å²) >= 11 is 0.